The Bertz CT molecular complexity index is 197. The highest BCUT2D eigenvalue weighted by molar-refractivity contribution is 5.16. The van der Waals surface area contributed by atoms with Crippen molar-refractivity contribution in [1.29, 1.82) is 0 Å². The summed E-state index contributed by atoms with van der Waals surface area (Å²) in [5.41, 5.74) is 0.892. The van der Waals surface area contributed by atoms with E-state index in [0.29, 0.717) is 0 Å². The highest BCUT2D eigenvalue weighted by Crippen LogP contribution is 2.68. The van der Waals surface area contributed by atoms with Crippen LogP contribution < -0.4 is 0 Å². The smallest absolute Gasteiger partial charge is 0.00441 e. The zero-order valence-corrected chi connectivity index (χ0v) is 6.92. The number of rotatable bonds is 0. The van der Waals surface area contributed by atoms with Crippen LogP contribution >= 0.6 is 0 Å². The molecule has 2 aliphatic heterocycles. The van der Waals surface area contributed by atoms with Crippen LogP contribution in [-0.4, -0.2) is 24.5 Å². The molecule has 0 aromatic carbocycles. The van der Waals surface area contributed by atoms with E-state index >= 15 is 0 Å². The second kappa shape index (κ2) is 1.39. The van der Waals surface area contributed by atoms with Crippen molar-refractivity contribution < 1.29 is 0 Å². The van der Waals surface area contributed by atoms with E-state index < -0.39 is 0 Å². The molecule has 1 nitrogen and oxygen atoms in total. The summed E-state index contributed by atoms with van der Waals surface area (Å²) < 4.78 is 0. The van der Waals surface area contributed by atoms with Gasteiger partial charge in [-0.1, -0.05) is 0 Å². The van der Waals surface area contributed by atoms with Crippen LogP contribution in [0.15, 0.2) is 0 Å². The molecule has 4 fully saturated rings. The van der Waals surface area contributed by atoms with Crippen LogP contribution in [0.25, 0.3) is 0 Å². The van der Waals surface area contributed by atoms with Gasteiger partial charge in [0.1, 0.15) is 0 Å². The summed E-state index contributed by atoms with van der Waals surface area (Å²) in [6.07, 6.45) is 4.79. The number of hydrogen-bond donors (Lipinski definition) is 0. The van der Waals surface area contributed by atoms with E-state index in [9.17, 15) is 0 Å². The topological polar surface area (TPSA) is 3.24 Å². The highest BCUT2D eigenvalue weighted by Gasteiger charge is 2.65. The summed E-state index contributed by atoms with van der Waals surface area (Å²) in [6.45, 7) is 4.40. The Morgan fingerprint density at radius 2 is 2.09 bits per heavy atom. The van der Waals surface area contributed by atoms with Gasteiger partial charge in [-0.3, -0.25) is 0 Å². The average Bonchev–Trinajstić information content (AvgIpc) is 2.28. The van der Waals surface area contributed by atoms with Gasteiger partial charge in [-0.25, -0.2) is 0 Å². The lowest BCUT2D eigenvalue weighted by Gasteiger charge is -2.48. The first kappa shape index (κ1) is 5.58. The molecule has 2 heterocycles. The second-order valence-electron chi connectivity index (χ2n) is 5.36. The lowest BCUT2D eigenvalue weighted by molar-refractivity contribution is 0.0174. The van der Waals surface area contributed by atoms with Gasteiger partial charge in [0.15, 0.2) is 0 Å². The van der Waals surface area contributed by atoms with Crippen molar-refractivity contribution in [3.8, 4) is 0 Å². The maximum absolute atomic E-state index is 2.74. The van der Waals surface area contributed by atoms with Crippen molar-refractivity contribution in [3.05, 3.63) is 0 Å². The molecule has 5 unspecified atom stereocenters. The van der Waals surface area contributed by atoms with Crippen LogP contribution in [0.1, 0.15) is 19.3 Å². The monoisotopic (exact) mass is 149 g/mol. The van der Waals surface area contributed by atoms with E-state index in [2.05, 4.69) is 4.90 Å². The molecule has 4 aliphatic rings. The first-order valence-corrected chi connectivity index (χ1v) is 5.09. The van der Waals surface area contributed by atoms with Gasteiger partial charge in [-0.05, 0) is 42.4 Å². The molecule has 0 amide bonds. The molecule has 2 saturated carbocycles. The summed E-state index contributed by atoms with van der Waals surface area (Å²) in [6, 6.07) is 0. The van der Waals surface area contributed by atoms with Crippen molar-refractivity contribution in [2.24, 2.45) is 23.2 Å². The van der Waals surface area contributed by atoms with E-state index in [1.807, 2.05) is 0 Å². The van der Waals surface area contributed by atoms with Crippen molar-refractivity contribution in [1.82, 2.24) is 4.90 Å². The zero-order chi connectivity index (χ0) is 7.05. The first-order valence-electron chi connectivity index (χ1n) is 5.09. The Labute approximate surface area is 67.8 Å². The minimum absolute atomic E-state index is 0.892. The maximum atomic E-state index is 2.74. The van der Waals surface area contributed by atoms with Gasteiger partial charge in [0.05, 0.1) is 0 Å². The molecule has 5 atom stereocenters. The minimum Gasteiger partial charge on any atom is -0.302 e. The molecule has 0 radical (unpaired) electrons. The average molecular weight is 149 g/mol. The van der Waals surface area contributed by atoms with Crippen molar-refractivity contribution in [2.75, 3.05) is 19.6 Å². The molecule has 11 heavy (non-hydrogen) atoms. The van der Waals surface area contributed by atoms with Crippen molar-refractivity contribution in [2.45, 2.75) is 19.3 Å². The molecule has 1 heteroatoms. The third-order valence-electron chi connectivity index (χ3n) is 4.99. The van der Waals surface area contributed by atoms with Crippen LogP contribution in [0.5, 0.6) is 0 Å². The zero-order valence-electron chi connectivity index (χ0n) is 6.92. The maximum Gasteiger partial charge on any atom is 0.00441 e. The van der Waals surface area contributed by atoms with Gasteiger partial charge in [0.25, 0.3) is 0 Å². The molecule has 0 aromatic heterocycles. The number of piperidine rings is 1. The van der Waals surface area contributed by atoms with Crippen molar-refractivity contribution in [3.63, 3.8) is 0 Å². The van der Waals surface area contributed by atoms with E-state index in [1.165, 1.54) is 25.6 Å². The fourth-order valence-electron chi connectivity index (χ4n) is 4.69. The third-order valence-corrected chi connectivity index (χ3v) is 4.99. The largest absolute Gasteiger partial charge is 0.302 e. The Kier molecular flexibility index (Phi) is 0.706. The molecular formula is C10H15N. The number of hydrogen-bond acceptors (Lipinski definition) is 1. The summed E-state index contributed by atoms with van der Waals surface area (Å²) in [7, 11) is 0. The second-order valence-corrected chi connectivity index (χ2v) is 5.36. The van der Waals surface area contributed by atoms with Crippen LogP contribution in [-0.2, 0) is 0 Å². The molecule has 4 rings (SSSR count). The number of nitrogens with zero attached hydrogens (tertiary/aromatic N) is 1. The SMILES string of the molecule is C1C2CN3CC4CC1C4(C2)C3. The Morgan fingerprint density at radius 1 is 1.09 bits per heavy atom. The molecule has 60 valence electrons. The van der Waals surface area contributed by atoms with Gasteiger partial charge in [0, 0.05) is 19.6 Å². The fourth-order valence-corrected chi connectivity index (χ4v) is 4.69. The van der Waals surface area contributed by atoms with Crippen LogP contribution in [0, 0.1) is 23.2 Å². The lowest BCUT2D eigenvalue weighted by atomic mass is 9.56. The third kappa shape index (κ3) is 0.438. The summed E-state index contributed by atoms with van der Waals surface area (Å²) >= 11 is 0. The summed E-state index contributed by atoms with van der Waals surface area (Å²) in [5.74, 6) is 3.42. The molecule has 1 spiro atoms. The fraction of sp³-hybridized carbons (Fsp3) is 1.00. The predicted molar refractivity (Wildman–Crippen MR) is 43.2 cm³/mol. The van der Waals surface area contributed by atoms with E-state index in [4.69, 9.17) is 0 Å². The molecule has 2 saturated heterocycles. The molecule has 2 aliphatic carbocycles. The normalized spacial score (nSPS) is 69.8. The Hall–Kier alpha value is -0.0400. The van der Waals surface area contributed by atoms with Gasteiger partial charge in [-0.2, -0.15) is 0 Å². The molecule has 3 bridgehead atoms. The molecular weight excluding hydrogens is 134 g/mol. The molecule has 0 N–H and O–H groups in total. The first-order chi connectivity index (χ1) is 5.37. The molecule has 0 aromatic rings. The minimum atomic E-state index is 0.892. The van der Waals surface area contributed by atoms with Gasteiger partial charge in [0.2, 0.25) is 0 Å². The van der Waals surface area contributed by atoms with Crippen LogP contribution in [0.3, 0.4) is 0 Å². The number of fused-ring (bicyclic) bond motifs is 2. The Morgan fingerprint density at radius 3 is 3.09 bits per heavy atom. The van der Waals surface area contributed by atoms with E-state index in [1.54, 1.807) is 19.3 Å². The quantitative estimate of drug-likeness (QED) is 0.502. The van der Waals surface area contributed by atoms with E-state index in [-0.39, 0.29) is 0 Å². The van der Waals surface area contributed by atoms with E-state index in [0.717, 1.165) is 17.3 Å². The van der Waals surface area contributed by atoms with Crippen LogP contribution in [0.4, 0.5) is 0 Å². The summed E-state index contributed by atoms with van der Waals surface area (Å²) in [5, 5.41) is 0. The van der Waals surface area contributed by atoms with Gasteiger partial charge < -0.3 is 4.90 Å². The summed E-state index contributed by atoms with van der Waals surface area (Å²) in [4.78, 5) is 2.74. The van der Waals surface area contributed by atoms with Gasteiger partial charge >= 0.3 is 0 Å². The Balaban J connectivity index is 1.89. The predicted octanol–water partition coefficient (Wildman–Crippen LogP) is 1.35. The van der Waals surface area contributed by atoms with Crippen molar-refractivity contribution >= 4 is 0 Å². The lowest BCUT2D eigenvalue weighted by Crippen LogP contribution is -2.45. The highest BCUT2D eigenvalue weighted by atomic mass is 15.2. The standard InChI is InChI=1S/C10H15N/c1-7-3-10-6-11(4-7)5-9(10)2-8(1)10/h7-9H,1-6H2. The van der Waals surface area contributed by atoms with Gasteiger partial charge in [-0.15, -0.1) is 0 Å². The van der Waals surface area contributed by atoms with Crippen LogP contribution in [0.2, 0.25) is 0 Å².